The number of nitrogens with zero attached hydrogens (tertiary/aromatic N) is 4. The van der Waals surface area contributed by atoms with Crippen molar-refractivity contribution in [3.63, 3.8) is 0 Å². The van der Waals surface area contributed by atoms with Gasteiger partial charge in [-0.25, -0.2) is 18.7 Å². The van der Waals surface area contributed by atoms with E-state index in [2.05, 4.69) is 14.9 Å². The van der Waals surface area contributed by atoms with E-state index in [-0.39, 0.29) is 0 Å². The molecular weight excluding hydrogens is 250 g/mol. The number of halogens is 2. The van der Waals surface area contributed by atoms with Gasteiger partial charge in [0.15, 0.2) is 0 Å². The van der Waals surface area contributed by atoms with Crippen molar-refractivity contribution in [1.29, 1.82) is 0 Å². The van der Waals surface area contributed by atoms with Gasteiger partial charge in [0.2, 0.25) is 6.43 Å². The molecule has 1 fully saturated rings. The van der Waals surface area contributed by atoms with Crippen molar-refractivity contribution >= 4 is 16.9 Å². The minimum absolute atomic E-state index is 0.468. The number of piperidine rings is 1. The molecule has 19 heavy (non-hydrogen) atoms. The lowest BCUT2D eigenvalue weighted by atomic mass is 9.97. The highest BCUT2D eigenvalue weighted by molar-refractivity contribution is 5.87. The van der Waals surface area contributed by atoms with Crippen molar-refractivity contribution in [2.45, 2.75) is 19.3 Å². The predicted molar refractivity (Wildman–Crippen MR) is 69.5 cm³/mol. The highest BCUT2D eigenvalue weighted by Crippen LogP contribution is 2.29. The molecule has 0 bridgehead atoms. The maximum atomic E-state index is 12.7. The van der Waals surface area contributed by atoms with Crippen LogP contribution < -0.4 is 4.90 Å². The van der Waals surface area contributed by atoms with Gasteiger partial charge in [0.25, 0.3) is 0 Å². The molecule has 2 aromatic heterocycles. The molecule has 3 rings (SSSR count). The van der Waals surface area contributed by atoms with Crippen LogP contribution in [0.3, 0.4) is 0 Å². The first-order valence-electron chi connectivity index (χ1n) is 6.46. The Bertz CT molecular complexity index is 573. The van der Waals surface area contributed by atoms with E-state index in [0.717, 1.165) is 16.9 Å². The molecule has 0 amide bonds. The van der Waals surface area contributed by atoms with Crippen molar-refractivity contribution < 1.29 is 8.78 Å². The van der Waals surface area contributed by atoms with Crippen LogP contribution in [0.5, 0.6) is 0 Å². The standard InChI is InChI=1S/C13H16F2N4/c1-18-5-4-10-12(18)16-8-17-13(10)19-6-2-9(3-7-19)11(14)15/h4-5,8-9,11H,2-3,6-7H2,1H3. The lowest BCUT2D eigenvalue weighted by molar-refractivity contribution is 0.0635. The van der Waals surface area contributed by atoms with Crippen LogP contribution in [0.1, 0.15) is 12.8 Å². The van der Waals surface area contributed by atoms with Crippen molar-refractivity contribution in [2.75, 3.05) is 18.0 Å². The fourth-order valence-corrected chi connectivity index (χ4v) is 2.68. The number of alkyl halides is 2. The van der Waals surface area contributed by atoms with Crippen LogP contribution in [0, 0.1) is 5.92 Å². The molecule has 0 aromatic carbocycles. The summed E-state index contributed by atoms with van der Waals surface area (Å²) in [6, 6.07) is 1.98. The van der Waals surface area contributed by atoms with Gasteiger partial charge in [-0.15, -0.1) is 0 Å². The summed E-state index contributed by atoms with van der Waals surface area (Å²) in [4.78, 5) is 10.7. The van der Waals surface area contributed by atoms with Crippen LogP contribution in [-0.2, 0) is 7.05 Å². The zero-order chi connectivity index (χ0) is 13.4. The highest BCUT2D eigenvalue weighted by atomic mass is 19.3. The zero-order valence-electron chi connectivity index (χ0n) is 10.8. The van der Waals surface area contributed by atoms with E-state index in [1.165, 1.54) is 6.33 Å². The molecule has 3 heterocycles. The van der Waals surface area contributed by atoms with Crippen molar-refractivity contribution in [1.82, 2.24) is 14.5 Å². The molecule has 0 N–H and O–H groups in total. The molecule has 0 spiro atoms. The van der Waals surface area contributed by atoms with E-state index < -0.39 is 12.3 Å². The average molecular weight is 266 g/mol. The van der Waals surface area contributed by atoms with Gasteiger partial charge in [0.1, 0.15) is 17.8 Å². The summed E-state index contributed by atoms with van der Waals surface area (Å²) in [7, 11) is 1.93. The second-order valence-corrected chi connectivity index (χ2v) is 5.02. The van der Waals surface area contributed by atoms with Crippen LogP contribution in [0.25, 0.3) is 11.0 Å². The molecule has 0 unspecified atom stereocenters. The summed E-state index contributed by atoms with van der Waals surface area (Å²) in [5.41, 5.74) is 0.876. The molecule has 1 aliphatic rings. The SMILES string of the molecule is Cn1ccc2c(N3CCC(C(F)F)CC3)ncnc21. The Hall–Kier alpha value is -1.72. The minimum Gasteiger partial charge on any atom is -0.356 e. The largest absolute Gasteiger partial charge is 0.356 e. The Labute approximate surface area is 110 Å². The summed E-state index contributed by atoms with van der Waals surface area (Å²) in [6.45, 7) is 1.27. The molecule has 4 nitrogen and oxygen atoms in total. The first-order valence-corrected chi connectivity index (χ1v) is 6.46. The average Bonchev–Trinajstić information content (AvgIpc) is 2.81. The van der Waals surface area contributed by atoms with Crippen molar-refractivity contribution in [3.05, 3.63) is 18.6 Å². The third kappa shape index (κ3) is 2.15. The van der Waals surface area contributed by atoms with Gasteiger partial charge in [-0.05, 0) is 18.9 Å². The summed E-state index contributed by atoms with van der Waals surface area (Å²) < 4.78 is 27.3. The maximum absolute atomic E-state index is 12.7. The summed E-state index contributed by atoms with van der Waals surface area (Å²) in [6.07, 6.45) is 2.32. The van der Waals surface area contributed by atoms with Crippen molar-refractivity contribution in [2.24, 2.45) is 13.0 Å². The predicted octanol–water partition coefficient (Wildman–Crippen LogP) is 2.45. The van der Waals surface area contributed by atoms with Crippen LogP contribution >= 0.6 is 0 Å². The summed E-state index contributed by atoms with van der Waals surface area (Å²) >= 11 is 0. The number of aromatic nitrogens is 3. The monoisotopic (exact) mass is 266 g/mol. The zero-order valence-corrected chi connectivity index (χ0v) is 10.8. The topological polar surface area (TPSA) is 34.0 Å². The lowest BCUT2D eigenvalue weighted by Gasteiger charge is -2.32. The van der Waals surface area contributed by atoms with Crippen LogP contribution in [0.4, 0.5) is 14.6 Å². The van der Waals surface area contributed by atoms with Crippen LogP contribution in [0.2, 0.25) is 0 Å². The third-order valence-corrected chi connectivity index (χ3v) is 3.84. The van der Waals surface area contributed by atoms with Gasteiger partial charge in [0, 0.05) is 32.3 Å². The Morgan fingerprint density at radius 3 is 2.68 bits per heavy atom. The Balaban J connectivity index is 1.86. The number of rotatable bonds is 2. The van der Waals surface area contributed by atoms with Gasteiger partial charge in [0.05, 0.1) is 5.39 Å². The minimum atomic E-state index is -2.20. The molecular formula is C13H16F2N4. The molecule has 0 radical (unpaired) electrons. The number of fused-ring (bicyclic) bond motifs is 1. The van der Waals surface area contributed by atoms with E-state index in [9.17, 15) is 8.78 Å². The number of hydrogen-bond acceptors (Lipinski definition) is 3. The van der Waals surface area contributed by atoms with E-state index in [1.807, 2.05) is 23.9 Å². The van der Waals surface area contributed by atoms with E-state index in [0.29, 0.717) is 25.9 Å². The quantitative estimate of drug-likeness (QED) is 0.837. The molecule has 102 valence electrons. The van der Waals surface area contributed by atoms with Crippen molar-refractivity contribution in [3.8, 4) is 0 Å². The fourth-order valence-electron chi connectivity index (χ4n) is 2.68. The first kappa shape index (κ1) is 12.3. The number of aryl methyl sites for hydroxylation is 1. The molecule has 2 aromatic rings. The molecule has 1 aliphatic heterocycles. The fraction of sp³-hybridized carbons (Fsp3) is 0.538. The first-order chi connectivity index (χ1) is 9.16. The molecule has 0 atom stereocenters. The molecule has 0 saturated carbocycles. The number of hydrogen-bond donors (Lipinski definition) is 0. The van der Waals surface area contributed by atoms with E-state index in [4.69, 9.17) is 0 Å². The smallest absolute Gasteiger partial charge is 0.241 e. The second-order valence-electron chi connectivity index (χ2n) is 5.02. The molecule has 1 saturated heterocycles. The van der Waals surface area contributed by atoms with Crippen LogP contribution in [0.15, 0.2) is 18.6 Å². The van der Waals surface area contributed by atoms with Gasteiger partial charge >= 0.3 is 0 Å². The Kier molecular flexibility index (Phi) is 3.08. The molecule has 6 heteroatoms. The Morgan fingerprint density at radius 2 is 2.00 bits per heavy atom. The van der Waals surface area contributed by atoms with Crippen LogP contribution in [-0.4, -0.2) is 34.1 Å². The summed E-state index contributed by atoms with van der Waals surface area (Å²) in [5.74, 6) is 0.391. The van der Waals surface area contributed by atoms with Gasteiger partial charge in [-0.3, -0.25) is 0 Å². The molecule has 0 aliphatic carbocycles. The van der Waals surface area contributed by atoms with E-state index in [1.54, 1.807) is 0 Å². The Morgan fingerprint density at radius 1 is 1.26 bits per heavy atom. The summed E-state index contributed by atoms with van der Waals surface area (Å²) in [5, 5.41) is 0.987. The second kappa shape index (κ2) is 4.75. The highest BCUT2D eigenvalue weighted by Gasteiger charge is 2.27. The maximum Gasteiger partial charge on any atom is 0.241 e. The van der Waals surface area contributed by atoms with Gasteiger partial charge < -0.3 is 9.47 Å². The van der Waals surface area contributed by atoms with Gasteiger partial charge in [-0.2, -0.15) is 0 Å². The normalized spacial score (nSPS) is 17.6. The van der Waals surface area contributed by atoms with E-state index >= 15 is 0 Å². The third-order valence-electron chi connectivity index (χ3n) is 3.84. The lowest BCUT2D eigenvalue weighted by Crippen LogP contribution is -2.36. The number of anilines is 1. The van der Waals surface area contributed by atoms with Gasteiger partial charge in [-0.1, -0.05) is 0 Å².